The maximum absolute atomic E-state index is 11.9. The number of amides is 2. The summed E-state index contributed by atoms with van der Waals surface area (Å²) in [7, 11) is 0. The molecule has 0 saturated carbocycles. The topological polar surface area (TPSA) is 58.4 Å². The zero-order chi connectivity index (χ0) is 15.4. The second-order valence-corrected chi connectivity index (χ2v) is 5.00. The highest BCUT2D eigenvalue weighted by molar-refractivity contribution is 5.96. The molecule has 2 aromatic carbocycles. The Labute approximate surface area is 128 Å². The predicted molar refractivity (Wildman–Crippen MR) is 81.9 cm³/mol. The zero-order valence-electron chi connectivity index (χ0n) is 12.0. The molecule has 0 radical (unpaired) electrons. The lowest BCUT2D eigenvalue weighted by molar-refractivity contribution is -0.124. The van der Waals surface area contributed by atoms with Crippen molar-refractivity contribution in [1.29, 1.82) is 0 Å². The van der Waals surface area contributed by atoms with E-state index in [-0.39, 0.29) is 18.4 Å². The van der Waals surface area contributed by atoms with Crippen LogP contribution in [0.25, 0.3) is 0 Å². The molecule has 0 bridgehead atoms. The summed E-state index contributed by atoms with van der Waals surface area (Å²) in [6.07, 6.45) is 0. The first-order valence-electron chi connectivity index (χ1n) is 7.11. The Morgan fingerprint density at radius 1 is 0.955 bits per heavy atom. The molecule has 0 aromatic heterocycles. The van der Waals surface area contributed by atoms with Crippen molar-refractivity contribution >= 4 is 11.8 Å². The molecule has 112 valence electrons. The van der Waals surface area contributed by atoms with Gasteiger partial charge < -0.3 is 15.0 Å². The number of hydrogen-bond acceptors (Lipinski definition) is 3. The standard InChI is InChI=1S/C17H16N2O3/c20-16(19-10-11-19)12-18-17(21)13-6-8-15(9-7-13)22-14-4-2-1-3-5-14/h1-9H,10-12H2,(H,18,21). The molecule has 5 nitrogen and oxygen atoms in total. The highest BCUT2D eigenvalue weighted by atomic mass is 16.5. The van der Waals surface area contributed by atoms with Crippen LogP contribution in [0.2, 0.25) is 0 Å². The third-order valence-corrected chi connectivity index (χ3v) is 3.30. The van der Waals surface area contributed by atoms with E-state index in [0.29, 0.717) is 11.3 Å². The van der Waals surface area contributed by atoms with E-state index in [2.05, 4.69) is 5.32 Å². The smallest absolute Gasteiger partial charge is 0.251 e. The molecular weight excluding hydrogens is 280 g/mol. The van der Waals surface area contributed by atoms with Gasteiger partial charge in [-0.2, -0.15) is 0 Å². The molecule has 1 heterocycles. The Hall–Kier alpha value is -2.82. The molecular formula is C17H16N2O3. The maximum Gasteiger partial charge on any atom is 0.251 e. The van der Waals surface area contributed by atoms with Gasteiger partial charge in [-0.25, -0.2) is 0 Å². The van der Waals surface area contributed by atoms with Crippen molar-refractivity contribution in [3.05, 3.63) is 60.2 Å². The van der Waals surface area contributed by atoms with Crippen LogP contribution in [0.5, 0.6) is 11.5 Å². The largest absolute Gasteiger partial charge is 0.457 e. The van der Waals surface area contributed by atoms with Gasteiger partial charge in [-0.1, -0.05) is 18.2 Å². The highest BCUT2D eigenvalue weighted by Gasteiger charge is 2.23. The fraction of sp³-hybridized carbons (Fsp3) is 0.176. The van der Waals surface area contributed by atoms with E-state index >= 15 is 0 Å². The van der Waals surface area contributed by atoms with E-state index in [1.807, 2.05) is 30.3 Å². The second-order valence-electron chi connectivity index (χ2n) is 5.00. The minimum absolute atomic E-state index is 0.0428. The molecule has 1 N–H and O–H groups in total. The molecule has 1 aliphatic rings. The zero-order valence-corrected chi connectivity index (χ0v) is 12.0. The summed E-state index contributed by atoms with van der Waals surface area (Å²) in [5.74, 6) is 1.09. The first-order valence-corrected chi connectivity index (χ1v) is 7.11. The molecule has 0 spiro atoms. The molecule has 1 aliphatic heterocycles. The number of carbonyl (C=O) groups excluding carboxylic acids is 2. The Morgan fingerprint density at radius 3 is 2.23 bits per heavy atom. The molecule has 2 amide bonds. The average Bonchev–Trinajstić information content (AvgIpc) is 3.39. The number of carbonyl (C=O) groups is 2. The van der Waals surface area contributed by atoms with Crippen molar-refractivity contribution < 1.29 is 14.3 Å². The molecule has 22 heavy (non-hydrogen) atoms. The molecule has 5 heteroatoms. The van der Waals surface area contributed by atoms with Crippen molar-refractivity contribution in [2.45, 2.75) is 0 Å². The van der Waals surface area contributed by atoms with Gasteiger partial charge in [0.05, 0.1) is 6.54 Å². The fourth-order valence-corrected chi connectivity index (χ4v) is 1.97. The van der Waals surface area contributed by atoms with Gasteiger partial charge in [0.25, 0.3) is 5.91 Å². The average molecular weight is 296 g/mol. The summed E-state index contributed by atoms with van der Waals surface area (Å²) in [6, 6.07) is 16.2. The van der Waals surface area contributed by atoms with Gasteiger partial charge in [0.1, 0.15) is 11.5 Å². The Bertz CT molecular complexity index is 664. The van der Waals surface area contributed by atoms with Gasteiger partial charge in [0, 0.05) is 18.7 Å². The second kappa shape index (κ2) is 6.30. The van der Waals surface area contributed by atoms with Crippen LogP contribution in [-0.4, -0.2) is 36.3 Å². The summed E-state index contributed by atoms with van der Waals surface area (Å²) in [5, 5.41) is 2.62. The quantitative estimate of drug-likeness (QED) is 0.859. The number of nitrogens with zero attached hydrogens (tertiary/aromatic N) is 1. The molecule has 0 aliphatic carbocycles. The van der Waals surface area contributed by atoms with Crippen molar-refractivity contribution in [3.8, 4) is 11.5 Å². The minimum Gasteiger partial charge on any atom is -0.457 e. The van der Waals surface area contributed by atoms with E-state index < -0.39 is 0 Å². The Balaban J connectivity index is 1.56. The van der Waals surface area contributed by atoms with E-state index in [4.69, 9.17) is 4.74 Å². The van der Waals surface area contributed by atoms with E-state index in [0.717, 1.165) is 18.8 Å². The molecule has 3 rings (SSSR count). The highest BCUT2D eigenvalue weighted by Crippen LogP contribution is 2.21. The number of hydrogen-bond donors (Lipinski definition) is 1. The lowest BCUT2D eigenvalue weighted by Gasteiger charge is -2.07. The van der Waals surface area contributed by atoms with Crippen LogP contribution in [0.3, 0.4) is 0 Å². The van der Waals surface area contributed by atoms with Crippen LogP contribution in [0.1, 0.15) is 10.4 Å². The predicted octanol–water partition coefficient (Wildman–Crippen LogP) is 2.05. The number of ether oxygens (including phenoxy) is 1. The number of para-hydroxylation sites is 1. The Kier molecular flexibility index (Phi) is 4.05. The van der Waals surface area contributed by atoms with Crippen molar-refractivity contribution in [1.82, 2.24) is 10.2 Å². The van der Waals surface area contributed by atoms with Gasteiger partial charge in [0.2, 0.25) is 5.91 Å². The van der Waals surface area contributed by atoms with Gasteiger partial charge in [-0.15, -0.1) is 0 Å². The van der Waals surface area contributed by atoms with Gasteiger partial charge in [0.15, 0.2) is 0 Å². The summed E-state index contributed by atoms with van der Waals surface area (Å²) < 4.78 is 5.66. The fourth-order valence-electron chi connectivity index (χ4n) is 1.97. The normalized spacial score (nSPS) is 12.6. The van der Waals surface area contributed by atoms with Crippen LogP contribution in [-0.2, 0) is 4.79 Å². The monoisotopic (exact) mass is 296 g/mol. The lowest BCUT2D eigenvalue weighted by Crippen LogP contribution is -2.32. The Morgan fingerprint density at radius 2 is 1.59 bits per heavy atom. The van der Waals surface area contributed by atoms with Crippen LogP contribution in [0.4, 0.5) is 0 Å². The van der Waals surface area contributed by atoms with Crippen LogP contribution >= 0.6 is 0 Å². The van der Waals surface area contributed by atoms with E-state index in [1.54, 1.807) is 29.2 Å². The van der Waals surface area contributed by atoms with Crippen LogP contribution < -0.4 is 10.1 Å². The number of benzene rings is 2. The number of rotatable bonds is 5. The van der Waals surface area contributed by atoms with Crippen molar-refractivity contribution in [2.75, 3.05) is 19.6 Å². The molecule has 1 saturated heterocycles. The van der Waals surface area contributed by atoms with Crippen molar-refractivity contribution in [3.63, 3.8) is 0 Å². The lowest BCUT2D eigenvalue weighted by atomic mass is 10.2. The number of nitrogens with one attached hydrogen (secondary N) is 1. The summed E-state index contributed by atoms with van der Waals surface area (Å²) >= 11 is 0. The first-order chi connectivity index (χ1) is 10.7. The summed E-state index contributed by atoms with van der Waals surface area (Å²) in [6.45, 7) is 1.63. The minimum atomic E-state index is -0.263. The third kappa shape index (κ3) is 3.63. The molecule has 2 aromatic rings. The van der Waals surface area contributed by atoms with E-state index in [9.17, 15) is 9.59 Å². The van der Waals surface area contributed by atoms with E-state index in [1.165, 1.54) is 0 Å². The van der Waals surface area contributed by atoms with Crippen molar-refractivity contribution in [2.24, 2.45) is 0 Å². The van der Waals surface area contributed by atoms with Gasteiger partial charge >= 0.3 is 0 Å². The molecule has 0 atom stereocenters. The molecule has 0 unspecified atom stereocenters. The maximum atomic E-state index is 11.9. The summed E-state index contributed by atoms with van der Waals surface area (Å²) in [5.41, 5.74) is 0.499. The van der Waals surface area contributed by atoms with Crippen LogP contribution in [0.15, 0.2) is 54.6 Å². The molecule has 1 fully saturated rings. The van der Waals surface area contributed by atoms with Gasteiger partial charge in [-0.3, -0.25) is 9.59 Å². The summed E-state index contributed by atoms with van der Waals surface area (Å²) in [4.78, 5) is 25.1. The van der Waals surface area contributed by atoms with Crippen LogP contribution in [0, 0.1) is 0 Å². The first kappa shape index (κ1) is 14.1. The SMILES string of the molecule is O=C(NCC(=O)N1CC1)c1ccc(Oc2ccccc2)cc1. The third-order valence-electron chi connectivity index (χ3n) is 3.30. The van der Waals surface area contributed by atoms with Gasteiger partial charge in [-0.05, 0) is 36.4 Å².